The standard InChI is InChI=1S/C24H30N2O7/c1-15-21(14-31-24(29)26(2)18-5-3-4-6-18)22(33-25-15)16-7-9-19(10-8-16)32-20-11-17(23(27)28)12-30-13-20/h7-10,17-18,20H,3-6,11-14H2,1-2H3,(H,27,28)/t17-,20-/m0/s1. The summed E-state index contributed by atoms with van der Waals surface area (Å²) >= 11 is 0. The fraction of sp³-hybridized carbons (Fsp3) is 0.542. The lowest BCUT2D eigenvalue weighted by Crippen LogP contribution is -2.37. The highest BCUT2D eigenvalue weighted by Gasteiger charge is 2.29. The fourth-order valence-electron chi connectivity index (χ4n) is 4.39. The van der Waals surface area contributed by atoms with E-state index in [1.807, 2.05) is 19.1 Å². The highest BCUT2D eigenvalue weighted by molar-refractivity contribution is 5.70. The lowest BCUT2D eigenvalue weighted by molar-refractivity contribution is -0.149. The molecule has 1 saturated heterocycles. The third-order valence-electron chi connectivity index (χ3n) is 6.42. The van der Waals surface area contributed by atoms with E-state index in [0.29, 0.717) is 30.2 Å². The molecule has 33 heavy (non-hydrogen) atoms. The van der Waals surface area contributed by atoms with E-state index in [2.05, 4.69) is 5.16 Å². The molecular formula is C24H30N2O7. The van der Waals surface area contributed by atoms with Gasteiger partial charge in [-0.2, -0.15) is 0 Å². The van der Waals surface area contributed by atoms with Crippen molar-refractivity contribution < 1.29 is 33.4 Å². The fourth-order valence-corrected chi connectivity index (χ4v) is 4.39. The van der Waals surface area contributed by atoms with Crippen molar-refractivity contribution in [1.29, 1.82) is 0 Å². The molecule has 2 atom stereocenters. The number of ether oxygens (including phenoxy) is 3. The average Bonchev–Trinajstić information content (AvgIpc) is 3.48. The summed E-state index contributed by atoms with van der Waals surface area (Å²) in [5.74, 6) is -0.275. The minimum atomic E-state index is -0.873. The summed E-state index contributed by atoms with van der Waals surface area (Å²) in [5, 5.41) is 13.2. The van der Waals surface area contributed by atoms with Crippen LogP contribution in [0.2, 0.25) is 0 Å². The van der Waals surface area contributed by atoms with Gasteiger partial charge in [0.05, 0.1) is 30.4 Å². The summed E-state index contributed by atoms with van der Waals surface area (Å²) in [6.07, 6.45) is 4.07. The number of carboxylic acids is 1. The number of nitrogens with zero attached hydrogens (tertiary/aromatic N) is 2. The molecule has 178 valence electrons. The topological polar surface area (TPSA) is 111 Å². The van der Waals surface area contributed by atoms with E-state index in [9.17, 15) is 14.7 Å². The predicted octanol–water partition coefficient (Wildman–Crippen LogP) is 4.03. The molecule has 1 amide bonds. The van der Waals surface area contributed by atoms with Crippen LogP contribution in [0.15, 0.2) is 28.8 Å². The predicted molar refractivity (Wildman–Crippen MR) is 118 cm³/mol. The maximum atomic E-state index is 12.5. The Hall–Kier alpha value is -3.07. The van der Waals surface area contributed by atoms with Gasteiger partial charge in [0.15, 0.2) is 5.76 Å². The van der Waals surface area contributed by atoms with Crippen molar-refractivity contribution in [3.05, 3.63) is 35.5 Å². The largest absolute Gasteiger partial charge is 0.488 e. The number of carbonyl (C=O) groups excluding carboxylic acids is 1. The Labute approximate surface area is 192 Å². The number of carboxylic acid groups (broad SMARTS) is 1. The minimum absolute atomic E-state index is 0.0782. The van der Waals surface area contributed by atoms with E-state index in [-0.39, 0.29) is 31.5 Å². The number of aryl methyl sites for hydroxylation is 1. The number of benzene rings is 1. The lowest BCUT2D eigenvalue weighted by atomic mass is 10.0. The number of hydrogen-bond donors (Lipinski definition) is 1. The van der Waals surface area contributed by atoms with Crippen LogP contribution in [0.5, 0.6) is 5.75 Å². The molecule has 2 aliphatic rings. The molecule has 0 bridgehead atoms. The Kier molecular flexibility index (Phi) is 7.17. The van der Waals surface area contributed by atoms with Crippen molar-refractivity contribution in [2.75, 3.05) is 20.3 Å². The third kappa shape index (κ3) is 5.47. The molecule has 1 aliphatic heterocycles. The van der Waals surface area contributed by atoms with Crippen molar-refractivity contribution in [3.63, 3.8) is 0 Å². The average molecular weight is 459 g/mol. The summed E-state index contributed by atoms with van der Waals surface area (Å²) < 4.78 is 22.3. The third-order valence-corrected chi connectivity index (χ3v) is 6.42. The molecule has 2 aromatic rings. The molecular weight excluding hydrogens is 428 g/mol. The summed E-state index contributed by atoms with van der Waals surface area (Å²) in [5.41, 5.74) is 2.17. The Morgan fingerprint density at radius 3 is 2.61 bits per heavy atom. The van der Waals surface area contributed by atoms with Gasteiger partial charge < -0.3 is 28.7 Å². The second-order valence-electron chi connectivity index (χ2n) is 8.75. The molecule has 0 unspecified atom stereocenters. The van der Waals surface area contributed by atoms with Crippen LogP contribution in [-0.4, -0.2) is 59.6 Å². The molecule has 1 saturated carbocycles. The quantitative estimate of drug-likeness (QED) is 0.662. The molecule has 0 radical (unpaired) electrons. The first-order chi connectivity index (χ1) is 15.9. The second kappa shape index (κ2) is 10.2. The Morgan fingerprint density at radius 2 is 1.91 bits per heavy atom. The maximum Gasteiger partial charge on any atom is 0.410 e. The van der Waals surface area contributed by atoms with Gasteiger partial charge in [0.1, 0.15) is 18.5 Å². The van der Waals surface area contributed by atoms with Gasteiger partial charge in [0, 0.05) is 25.1 Å². The zero-order valence-electron chi connectivity index (χ0n) is 19.0. The van der Waals surface area contributed by atoms with Crippen molar-refractivity contribution in [2.24, 2.45) is 5.92 Å². The van der Waals surface area contributed by atoms with Gasteiger partial charge in [-0.25, -0.2) is 4.79 Å². The number of aliphatic carboxylic acids is 1. The van der Waals surface area contributed by atoms with E-state index < -0.39 is 11.9 Å². The van der Waals surface area contributed by atoms with Gasteiger partial charge in [-0.1, -0.05) is 18.0 Å². The van der Waals surface area contributed by atoms with E-state index in [1.165, 1.54) is 0 Å². The van der Waals surface area contributed by atoms with E-state index in [0.717, 1.165) is 36.8 Å². The molecule has 0 spiro atoms. The SMILES string of the molecule is Cc1noc(-c2ccc(O[C@@H]3COC[C@@H](C(=O)O)C3)cc2)c1COC(=O)N(C)C1CCCC1. The number of carbonyl (C=O) groups is 2. The van der Waals surface area contributed by atoms with Crippen molar-refractivity contribution >= 4 is 12.1 Å². The van der Waals surface area contributed by atoms with Gasteiger partial charge >= 0.3 is 12.1 Å². The first-order valence-electron chi connectivity index (χ1n) is 11.3. The van der Waals surface area contributed by atoms with Crippen LogP contribution in [0.25, 0.3) is 11.3 Å². The second-order valence-corrected chi connectivity index (χ2v) is 8.75. The van der Waals surface area contributed by atoms with Gasteiger partial charge in [-0.15, -0.1) is 0 Å². The number of aromatic nitrogens is 1. The molecule has 4 rings (SSSR count). The van der Waals surface area contributed by atoms with Crippen LogP contribution in [0.3, 0.4) is 0 Å². The number of hydrogen-bond acceptors (Lipinski definition) is 7. The van der Waals surface area contributed by atoms with Crippen LogP contribution in [0.1, 0.15) is 43.4 Å². The summed E-state index contributed by atoms with van der Waals surface area (Å²) in [6.45, 7) is 2.46. The smallest absolute Gasteiger partial charge is 0.410 e. The zero-order chi connectivity index (χ0) is 23.4. The Balaban J connectivity index is 1.38. The first-order valence-corrected chi connectivity index (χ1v) is 11.3. The highest BCUT2D eigenvalue weighted by atomic mass is 16.6. The molecule has 9 nitrogen and oxygen atoms in total. The molecule has 1 aromatic heterocycles. The van der Waals surface area contributed by atoms with Gasteiger partial charge in [-0.05, 0) is 44.0 Å². The molecule has 1 aromatic carbocycles. The van der Waals surface area contributed by atoms with E-state index in [4.69, 9.17) is 18.7 Å². The first kappa shape index (κ1) is 23.1. The van der Waals surface area contributed by atoms with Gasteiger partial charge in [-0.3, -0.25) is 4.79 Å². The maximum absolute atomic E-state index is 12.5. The zero-order valence-corrected chi connectivity index (χ0v) is 19.0. The Morgan fingerprint density at radius 1 is 1.18 bits per heavy atom. The van der Waals surface area contributed by atoms with Crippen LogP contribution in [-0.2, 0) is 20.9 Å². The summed E-state index contributed by atoms with van der Waals surface area (Å²) in [7, 11) is 1.79. The van der Waals surface area contributed by atoms with Gasteiger partial charge in [0.2, 0.25) is 0 Å². The van der Waals surface area contributed by atoms with E-state index in [1.54, 1.807) is 24.1 Å². The molecule has 1 aliphatic carbocycles. The van der Waals surface area contributed by atoms with Crippen LogP contribution in [0.4, 0.5) is 4.79 Å². The van der Waals surface area contributed by atoms with Crippen LogP contribution in [0, 0.1) is 12.8 Å². The normalized spacial score (nSPS) is 21.0. The summed E-state index contributed by atoms with van der Waals surface area (Å²) in [6, 6.07) is 7.50. The highest BCUT2D eigenvalue weighted by Crippen LogP contribution is 2.30. The molecule has 9 heteroatoms. The van der Waals surface area contributed by atoms with E-state index >= 15 is 0 Å². The monoisotopic (exact) mass is 458 g/mol. The number of rotatable bonds is 7. The molecule has 2 fully saturated rings. The Bertz CT molecular complexity index is 966. The van der Waals surface area contributed by atoms with Crippen molar-refractivity contribution in [2.45, 2.75) is 57.8 Å². The minimum Gasteiger partial charge on any atom is -0.488 e. The lowest BCUT2D eigenvalue weighted by Gasteiger charge is -2.27. The molecule has 2 heterocycles. The van der Waals surface area contributed by atoms with Gasteiger partial charge in [0.25, 0.3) is 0 Å². The van der Waals surface area contributed by atoms with Crippen molar-refractivity contribution in [3.8, 4) is 17.1 Å². The molecule has 1 N–H and O–H groups in total. The number of amides is 1. The van der Waals surface area contributed by atoms with Crippen LogP contribution < -0.4 is 4.74 Å². The van der Waals surface area contributed by atoms with Crippen molar-refractivity contribution in [1.82, 2.24) is 10.1 Å². The summed E-state index contributed by atoms with van der Waals surface area (Å²) in [4.78, 5) is 25.4. The van der Waals surface area contributed by atoms with Crippen LogP contribution >= 0.6 is 0 Å².